The zero-order valence-corrected chi connectivity index (χ0v) is 8.79. The maximum absolute atomic E-state index is 11.2. The summed E-state index contributed by atoms with van der Waals surface area (Å²) in [6, 6.07) is -0.473. The van der Waals surface area contributed by atoms with Crippen molar-refractivity contribution in [3.8, 4) is 0 Å². The maximum atomic E-state index is 11.2. The van der Waals surface area contributed by atoms with Crippen molar-refractivity contribution in [1.29, 1.82) is 0 Å². The number of hydrogen-bond donors (Lipinski definition) is 1. The molecule has 2 N–H and O–H groups in total. The SMILES string of the molecule is CCOC(=O)[C@@H](N)CC1=CCCCC1. The summed E-state index contributed by atoms with van der Waals surface area (Å²) >= 11 is 0. The molecule has 3 nitrogen and oxygen atoms in total. The minimum Gasteiger partial charge on any atom is -0.465 e. The number of rotatable bonds is 4. The molecule has 0 heterocycles. The van der Waals surface area contributed by atoms with Crippen LogP contribution in [0.25, 0.3) is 0 Å². The first kappa shape index (κ1) is 11.2. The molecule has 0 bridgehead atoms. The molecule has 0 aliphatic heterocycles. The lowest BCUT2D eigenvalue weighted by Gasteiger charge is -2.16. The topological polar surface area (TPSA) is 52.3 Å². The van der Waals surface area contributed by atoms with E-state index in [1.54, 1.807) is 6.92 Å². The second-order valence-corrected chi connectivity index (χ2v) is 3.67. The highest BCUT2D eigenvalue weighted by atomic mass is 16.5. The van der Waals surface area contributed by atoms with E-state index in [-0.39, 0.29) is 5.97 Å². The summed E-state index contributed by atoms with van der Waals surface area (Å²) in [4.78, 5) is 11.2. The second kappa shape index (κ2) is 5.81. The lowest BCUT2D eigenvalue weighted by atomic mass is 9.94. The van der Waals surface area contributed by atoms with Crippen LogP contribution in [0, 0.1) is 0 Å². The molecule has 0 amide bonds. The van der Waals surface area contributed by atoms with Gasteiger partial charge in [0.15, 0.2) is 0 Å². The number of esters is 1. The Labute approximate surface area is 85.3 Å². The molecule has 80 valence electrons. The molecule has 1 atom stereocenters. The molecule has 1 aliphatic rings. The number of hydrogen-bond acceptors (Lipinski definition) is 3. The average molecular weight is 197 g/mol. The number of carbonyl (C=O) groups is 1. The quantitative estimate of drug-likeness (QED) is 0.552. The van der Waals surface area contributed by atoms with E-state index < -0.39 is 6.04 Å². The summed E-state index contributed by atoms with van der Waals surface area (Å²) in [6.45, 7) is 2.20. The predicted octanol–water partition coefficient (Wildman–Crippen LogP) is 1.77. The van der Waals surface area contributed by atoms with Crippen molar-refractivity contribution in [3.63, 3.8) is 0 Å². The van der Waals surface area contributed by atoms with Gasteiger partial charge in [-0.15, -0.1) is 0 Å². The molecule has 14 heavy (non-hydrogen) atoms. The highest BCUT2D eigenvalue weighted by Gasteiger charge is 2.16. The van der Waals surface area contributed by atoms with Gasteiger partial charge >= 0.3 is 5.97 Å². The van der Waals surface area contributed by atoms with E-state index in [4.69, 9.17) is 10.5 Å². The van der Waals surface area contributed by atoms with Crippen LogP contribution in [0.3, 0.4) is 0 Å². The second-order valence-electron chi connectivity index (χ2n) is 3.67. The molecule has 0 aromatic heterocycles. The molecule has 0 aromatic carbocycles. The molecule has 3 heteroatoms. The van der Waals surface area contributed by atoms with E-state index >= 15 is 0 Å². The van der Waals surface area contributed by atoms with Crippen molar-refractivity contribution in [3.05, 3.63) is 11.6 Å². The zero-order valence-electron chi connectivity index (χ0n) is 8.79. The monoisotopic (exact) mass is 197 g/mol. The minimum atomic E-state index is -0.473. The molecule has 0 aromatic rings. The van der Waals surface area contributed by atoms with Gasteiger partial charge in [-0.05, 0) is 39.0 Å². The molecule has 0 unspecified atom stereocenters. The van der Waals surface area contributed by atoms with Crippen LogP contribution < -0.4 is 5.73 Å². The Bertz CT molecular complexity index is 223. The smallest absolute Gasteiger partial charge is 0.323 e. The highest BCUT2D eigenvalue weighted by molar-refractivity contribution is 5.75. The van der Waals surface area contributed by atoms with E-state index in [0.717, 1.165) is 12.8 Å². The van der Waals surface area contributed by atoms with Gasteiger partial charge in [-0.2, -0.15) is 0 Å². The van der Waals surface area contributed by atoms with Gasteiger partial charge in [0.25, 0.3) is 0 Å². The number of carbonyl (C=O) groups excluding carboxylic acids is 1. The van der Waals surface area contributed by atoms with Crippen molar-refractivity contribution in [1.82, 2.24) is 0 Å². The fourth-order valence-corrected chi connectivity index (χ4v) is 1.71. The summed E-state index contributed by atoms with van der Waals surface area (Å²) < 4.78 is 4.85. The van der Waals surface area contributed by atoms with Gasteiger partial charge < -0.3 is 10.5 Å². The molecule has 1 aliphatic carbocycles. The van der Waals surface area contributed by atoms with E-state index in [2.05, 4.69) is 6.08 Å². The van der Waals surface area contributed by atoms with Crippen molar-refractivity contribution >= 4 is 5.97 Å². The normalized spacial score (nSPS) is 18.6. The number of allylic oxidation sites excluding steroid dienone is 1. The summed E-state index contributed by atoms with van der Waals surface area (Å²) in [5.41, 5.74) is 7.04. The standard InChI is InChI=1S/C11H19NO2/c1-2-14-11(13)10(12)8-9-6-4-3-5-7-9/h6,10H,2-5,7-8,12H2,1H3/t10-/m0/s1. The van der Waals surface area contributed by atoms with Gasteiger partial charge in [-0.3, -0.25) is 4.79 Å². The Hall–Kier alpha value is -0.830. The molecule has 0 saturated carbocycles. The largest absolute Gasteiger partial charge is 0.465 e. The third kappa shape index (κ3) is 3.50. The van der Waals surface area contributed by atoms with Crippen molar-refractivity contribution < 1.29 is 9.53 Å². The van der Waals surface area contributed by atoms with Gasteiger partial charge in [0.05, 0.1) is 6.61 Å². The summed E-state index contributed by atoms with van der Waals surface area (Å²) in [5, 5.41) is 0. The predicted molar refractivity (Wildman–Crippen MR) is 55.8 cm³/mol. The Morgan fingerprint density at radius 2 is 2.43 bits per heavy atom. The Morgan fingerprint density at radius 3 is 3.00 bits per heavy atom. The molecular weight excluding hydrogens is 178 g/mol. The molecular formula is C11H19NO2. The van der Waals surface area contributed by atoms with Gasteiger partial charge in [0, 0.05) is 0 Å². The Morgan fingerprint density at radius 1 is 1.64 bits per heavy atom. The summed E-state index contributed by atoms with van der Waals surface area (Å²) in [7, 11) is 0. The van der Waals surface area contributed by atoms with Gasteiger partial charge in [-0.1, -0.05) is 11.6 Å². The minimum absolute atomic E-state index is 0.279. The first-order valence-electron chi connectivity index (χ1n) is 5.34. The molecule has 1 rings (SSSR count). The van der Waals surface area contributed by atoms with Gasteiger partial charge in [-0.25, -0.2) is 0 Å². The number of nitrogens with two attached hydrogens (primary N) is 1. The van der Waals surface area contributed by atoms with Crippen LogP contribution in [0.1, 0.15) is 39.0 Å². The average Bonchev–Trinajstić information content (AvgIpc) is 2.19. The van der Waals surface area contributed by atoms with Crippen molar-refractivity contribution in [2.75, 3.05) is 6.61 Å². The van der Waals surface area contributed by atoms with Gasteiger partial charge in [0.1, 0.15) is 6.04 Å². The van der Waals surface area contributed by atoms with Crippen molar-refractivity contribution in [2.24, 2.45) is 5.73 Å². The van der Waals surface area contributed by atoms with Crippen LogP contribution >= 0.6 is 0 Å². The lowest BCUT2D eigenvalue weighted by Crippen LogP contribution is -2.32. The Kier molecular flexibility index (Phi) is 4.66. The van der Waals surface area contributed by atoms with Crippen LogP contribution in [0.5, 0.6) is 0 Å². The van der Waals surface area contributed by atoms with Crippen LogP contribution in [-0.4, -0.2) is 18.6 Å². The summed E-state index contributed by atoms with van der Waals surface area (Å²) in [6.07, 6.45) is 7.58. The zero-order chi connectivity index (χ0) is 10.4. The fourth-order valence-electron chi connectivity index (χ4n) is 1.71. The molecule has 0 saturated heterocycles. The van der Waals surface area contributed by atoms with E-state index in [1.807, 2.05) is 0 Å². The maximum Gasteiger partial charge on any atom is 0.323 e. The van der Waals surface area contributed by atoms with Crippen LogP contribution in [0.15, 0.2) is 11.6 Å². The van der Waals surface area contributed by atoms with E-state index in [0.29, 0.717) is 13.0 Å². The number of ether oxygens (including phenoxy) is 1. The van der Waals surface area contributed by atoms with Crippen LogP contribution in [0.4, 0.5) is 0 Å². The molecule has 0 fully saturated rings. The van der Waals surface area contributed by atoms with E-state index in [9.17, 15) is 4.79 Å². The Balaban J connectivity index is 2.35. The third-order valence-corrected chi connectivity index (χ3v) is 2.46. The molecule has 0 spiro atoms. The lowest BCUT2D eigenvalue weighted by molar-refractivity contribution is -0.144. The van der Waals surface area contributed by atoms with E-state index in [1.165, 1.54) is 18.4 Å². The van der Waals surface area contributed by atoms with Crippen molar-refractivity contribution in [2.45, 2.75) is 45.1 Å². The first-order valence-corrected chi connectivity index (χ1v) is 5.34. The highest BCUT2D eigenvalue weighted by Crippen LogP contribution is 2.20. The third-order valence-electron chi connectivity index (χ3n) is 2.46. The fraction of sp³-hybridized carbons (Fsp3) is 0.727. The first-order chi connectivity index (χ1) is 6.74. The molecule has 0 radical (unpaired) electrons. The van der Waals surface area contributed by atoms with Crippen LogP contribution in [0.2, 0.25) is 0 Å². The van der Waals surface area contributed by atoms with Crippen LogP contribution in [-0.2, 0) is 9.53 Å². The summed E-state index contributed by atoms with van der Waals surface area (Å²) in [5.74, 6) is -0.279. The van der Waals surface area contributed by atoms with Gasteiger partial charge in [0.2, 0.25) is 0 Å².